The van der Waals surface area contributed by atoms with Crippen LogP contribution in [0.1, 0.15) is 168 Å². The molecule has 9 heteroatoms. The Morgan fingerprint density at radius 2 is 1.10 bits per heavy atom. The first-order valence-corrected chi connectivity index (χ1v) is 21.9. The minimum absolute atomic E-state index is 0.0549. The minimum Gasteiger partial charge on any atom is -0.387 e. The molecule has 1 amide bonds. The molecule has 0 saturated heterocycles. The molecule has 294 valence electrons. The summed E-state index contributed by atoms with van der Waals surface area (Å²) < 4.78 is 23.4. The van der Waals surface area contributed by atoms with E-state index in [0.717, 1.165) is 38.5 Å². The Morgan fingerprint density at radius 3 is 1.60 bits per heavy atom. The number of amides is 1. The fourth-order valence-electron chi connectivity index (χ4n) is 5.52. The van der Waals surface area contributed by atoms with Crippen molar-refractivity contribution in [2.75, 3.05) is 40.9 Å². The molecule has 0 saturated carbocycles. The number of phosphoric acid groups is 1. The number of allylic oxidation sites excluding steroid dienone is 5. The second kappa shape index (κ2) is 33.5. The van der Waals surface area contributed by atoms with Crippen molar-refractivity contribution < 1.29 is 32.9 Å². The molecule has 0 rings (SSSR count). The molecule has 0 spiro atoms. The summed E-state index contributed by atoms with van der Waals surface area (Å²) in [7, 11) is 1.55. The van der Waals surface area contributed by atoms with Crippen LogP contribution in [0.5, 0.6) is 0 Å². The quantitative estimate of drug-likeness (QED) is 0.0257. The second-order valence-electron chi connectivity index (χ2n) is 15.0. The van der Waals surface area contributed by atoms with Crippen molar-refractivity contribution in [3.8, 4) is 0 Å². The zero-order valence-electron chi connectivity index (χ0n) is 33.1. The molecule has 0 heterocycles. The number of carbonyl (C=O) groups excluding carboxylic acids is 1. The number of carbonyl (C=O) groups is 1. The lowest BCUT2D eigenvalue weighted by Gasteiger charge is -2.25. The highest BCUT2D eigenvalue weighted by Gasteiger charge is 2.27. The summed E-state index contributed by atoms with van der Waals surface area (Å²) in [6.07, 6.45) is 39.2. The van der Waals surface area contributed by atoms with Crippen molar-refractivity contribution in [1.82, 2.24) is 5.32 Å². The number of phosphoric ester groups is 1. The van der Waals surface area contributed by atoms with E-state index in [1.165, 1.54) is 109 Å². The average Bonchev–Trinajstić information content (AvgIpc) is 3.06. The van der Waals surface area contributed by atoms with Crippen LogP contribution >= 0.6 is 7.82 Å². The molecule has 50 heavy (non-hydrogen) atoms. The van der Waals surface area contributed by atoms with Crippen molar-refractivity contribution >= 4 is 13.7 Å². The molecule has 0 aliphatic heterocycles. The number of nitrogens with zero attached hydrogens (tertiary/aromatic N) is 1. The van der Waals surface area contributed by atoms with E-state index in [2.05, 4.69) is 43.5 Å². The summed E-state index contributed by atoms with van der Waals surface area (Å²) in [5, 5.41) is 13.7. The molecule has 0 bridgehead atoms. The summed E-state index contributed by atoms with van der Waals surface area (Å²) in [6, 6.07) is -0.861. The molecule has 0 aromatic rings. The van der Waals surface area contributed by atoms with E-state index in [0.29, 0.717) is 17.4 Å². The van der Waals surface area contributed by atoms with Gasteiger partial charge in [-0.15, -0.1) is 0 Å². The van der Waals surface area contributed by atoms with Gasteiger partial charge in [-0.25, -0.2) is 4.57 Å². The van der Waals surface area contributed by atoms with Gasteiger partial charge in [-0.3, -0.25) is 13.8 Å². The smallest absolute Gasteiger partial charge is 0.387 e. The molecule has 8 nitrogen and oxygen atoms in total. The van der Waals surface area contributed by atoms with Crippen LogP contribution < -0.4 is 5.32 Å². The molecular formula is C41H80N2O6P+. The van der Waals surface area contributed by atoms with Gasteiger partial charge >= 0.3 is 7.82 Å². The maximum atomic E-state index is 12.8. The maximum absolute atomic E-state index is 12.8. The third-order valence-electron chi connectivity index (χ3n) is 8.83. The minimum atomic E-state index is -4.34. The Balaban J connectivity index is 4.48. The Morgan fingerprint density at radius 1 is 0.660 bits per heavy atom. The van der Waals surface area contributed by atoms with Crippen LogP contribution in [0.15, 0.2) is 36.5 Å². The first kappa shape index (κ1) is 48.7. The van der Waals surface area contributed by atoms with Gasteiger partial charge in [-0.2, -0.15) is 0 Å². The zero-order valence-corrected chi connectivity index (χ0v) is 34.0. The molecule has 0 aliphatic rings. The Bertz CT molecular complexity index is 917. The lowest BCUT2D eigenvalue weighted by Crippen LogP contribution is -2.45. The highest BCUT2D eigenvalue weighted by atomic mass is 31.2. The molecule has 0 fully saturated rings. The van der Waals surface area contributed by atoms with Crippen LogP contribution in [0.4, 0.5) is 0 Å². The largest absolute Gasteiger partial charge is 0.472 e. The van der Waals surface area contributed by atoms with Crippen LogP contribution in [-0.2, 0) is 18.4 Å². The van der Waals surface area contributed by atoms with Gasteiger partial charge in [-0.05, 0) is 57.8 Å². The fraction of sp³-hybridized carbons (Fsp3) is 0.829. The highest BCUT2D eigenvalue weighted by molar-refractivity contribution is 7.47. The first-order valence-electron chi connectivity index (χ1n) is 20.4. The van der Waals surface area contributed by atoms with Crippen LogP contribution in [0.3, 0.4) is 0 Å². The first-order chi connectivity index (χ1) is 24.0. The van der Waals surface area contributed by atoms with Crippen LogP contribution in [0.2, 0.25) is 0 Å². The van der Waals surface area contributed by atoms with Gasteiger partial charge in [0, 0.05) is 6.42 Å². The van der Waals surface area contributed by atoms with E-state index in [-0.39, 0.29) is 19.1 Å². The van der Waals surface area contributed by atoms with Gasteiger partial charge in [0.05, 0.1) is 39.9 Å². The number of hydrogen-bond acceptors (Lipinski definition) is 5. The van der Waals surface area contributed by atoms with Gasteiger partial charge in [0.15, 0.2) is 0 Å². The molecule has 0 aliphatic carbocycles. The van der Waals surface area contributed by atoms with Gasteiger partial charge in [0.25, 0.3) is 0 Å². The van der Waals surface area contributed by atoms with Gasteiger partial charge in [-0.1, -0.05) is 140 Å². The van der Waals surface area contributed by atoms with Crippen molar-refractivity contribution in [1.29, 1.82) is 0 Å². The SMILES string of the molecule is CCCCCCC/C=C/CC/C=C/[C@@H](O)[C@H](COP(=O)(O)OCC[N+](C)(C)C)NC(=O)CCCCCCCCC/C=C/CCCCCCCC. The number of hydrogen-bond donors (Lipinski definition) is 3. The Labute approximate surface area is 308 Å². The molecular weight excluding hydrogens is 647 g/mol. The number of rotatable bonds is 36. The summed E-state index contributed by atoms with van der Waals surface area (Å²) in [5.41, 5.74) is 0. The van der Waals surface area contributed by atoms with E-state index in [9.17, 15) is 19.4 Å². The summed E-state index contributed by atoms with van der Waals surface area (Å²) >= 11 is 0. The number of aliphatic hydroxyl groups is 1. The second-order valence-corrected chi connectivity index (χ2v) is 16.5. The van der Waals surface area contributed by atoms with Crippen molar-refractivity contribution in [3.05, 3.63) is 36.5 Å². The fourth-order valence-corrected chi connectivity index (χ4v) is 6.26. The van der Waals surface area contributed by atoms with Crippen molar-refractivity contribution in [2.24, 2.45) is 0 Å². The van der Waals surface area contributed by atoms with Crippen molar-refractivity contribution in [2.45, 2.75) is 180 Å². The van der Waals surface area contributed by atoms with Crippen LogP contribution in [-0.4, -0.2) is 73.4 Å². The lowest BCUT2D eigenvalue weighted by atomic mass is 10.1. The summed E-state index contributed by atoms with van der Waals surface area (Å²) in [5.74, 6) is -0.195. The molecule has 1 unspecified atom stereocenters. The Kier molecular flexibility index (Phi) is 32.7. The monoisotopic (exact) mass is 728 g/mol. The highest BCUT2D eigenvalue weighted by Crippen LogP contribution is 2.43. The molecule has 3 atom stereocenters. The molecule has 3 N–H and O–H groups in total. The topological polar surface area (TPSA) is 105 Å². The normalized spacial score (nSPS) is 14.9. The zero-order chi connectivity index (χ0) is 37.2. The van der Waals surface area contributed by atoms with E-state index in [4.69, 9.17) is 9.05 Å². The summed E-state index contributed by atoms with van der Waals surface area (Å²) in [4.78, 5) is 23.0. The number of quaternary nitrogens is 1. The van der Waals surface area contributed by atoms with Gasteiger partial charge in [0.2, 0.25) is 5.91 Å². The third-order valence-corrected chi connectivity index (χ3v) is 9.82. The Hall–Kier alpha value is -1.28. The van der Waals surface area contributed by atoms with Crippen LogP contribution in [0.25, 0.3) is 0 Å². The molecule has 0 radical (unpaired) electrons. The number of nitrogens with one attached hydrogen (secondary N) is 1. The van der Waals surface area contributed by atoms with Crippen LogP contribution in [0, 0.1) is 0 Å². The van der Waals surface area contributed by atoms with Gasteiger partial charge < -0.3 is 19.8 Å². The number of unbranched alkanes of at least 4 members (excludes halogenated alkanes) is 19. The van der Waals surface area contributed by atoms with E-state index in [1.807, 2.05) is 27.2 Å². The predicted octanol–water partition coefficient (Wildman–Crippen LogP) is 10.7. The molecule has 0 aromatic carbocycles. The summed E-state index contributed by atoms with van der Waals surface area (Å²) in [6.45, 7) is 4.74. The maximum Gasteiger partial charge on any atom is 0.472 e. The van der Waals surface area contributed by atoms with E-state index < -0.39 is 20.0 Å². The van der Waals surface area contributed by atoms with Crippen molar-refractivity contribution in [3.63, 3.8) is 0 Å². The molecule has 0 aromatic heterocycles. The predicted molar refractivity (Wildman–Crippen MR) is 212 cm³/mol. The third kappa shape index (κ3) is 35.1. The standard InChI is InChI=1S/C41H79N2O6P/c1-6-8-10-12-14-16-18-19-20-21-22-23-25-27-29-31-33-35-41(45)42-39(38-49-50(46,47)48-37-36-43(3,4)5)40(44)34-32-30-28-26-24-17-15-13-11-9-7-2/h19-20,24,26,32,34,39-40,44H,6-18,21-23,25,27-31,33,35-38H2,1-5H3,(H-,42,45,46,47)/p+1/b20-19+,26-24+,34-32+/t39-,40+/m0/s1. The number of likely N-dealkylation sites (N-methyl/N-ethyl adjacent to an activating group) is 1. The number of aliphatic hydroxyl groups excluding tert-OH is 1. The van der Waals surface area contributed by atoms with E-state index >= 15 is 0 Å². The van der Waals surface area contributed by atoms with E-state index in [1.54, 1.807) is 6.08 Å². The average molecular weight is 728 g/mol. The lowest BCUT2D eigenvalue weighted by molar-refractivity contribution is -0.870. The van der Waals surface area contributed by atoms with Gasteiger partial charge in [0.1, 0.15) is 13.2 Å².